The summed E-state index contributed by atoms with van der Waals surface area (Å²) < 4.78 is 10.6. The van der Waals surface area contributed by atoms with E-state index in [1.54, 1.807) is 7.11 Å². The first-order valence-electron chi connectivity index (χ1n) is 4.62. The molecule has 1 atom stereocenters. The summed E-state index contributed by atoms with van der Waals surface area (Å²) >= 11 is 9.22. The molecule has 0 radical (unpaired) electrons. The van der Waals surface area contributed by atoms with E-state index in [1.807, 2.05) is 18.2 Å². The normalized spacial score (nSPS) is 12.0. The highest BCUT2D eigenvalue weighted by Gasteiger charge is 2.16. The molecule has 1 aromatic carbocycles. The van der Waals surface area contributed by atoms with Crippen LogP contribution in [0.2, 0.25) is 0 Å². The van der Waals surface area contributed by atoms with Gasteiger partial charge in [0.15, 0.2) is 0 Å². The van der Waals surface area contributed by atoms with Crippen molar-refractivity contribution in [3.63, 3.8) is 0 Å². The Kier molecular flexibility index (Phi) is 5.09. The molecular formula is C11H12BrClO3. The quantitative estimate of drug-likeness (QED) is 0.634. The molecule has 0 saturated carbocycles. The molecule has 0 bridgehead atoms. The molecule has 0 aromatic heterocycles. The molecule has 1 aromatic rings. The molecule has 0 amide bonds. The Labute approximate surface area is 108 Å². The van der Waals surface area contributed by atoms with Gasteiger partial charge in [0, 0.05) is 0 Å². The lowest BCUT2D eigenvalue weighted by Gasteiger charge is -2.09. The van der Waals surface area contributed by atoms with Crippen LogP contribution in [0.4, 0.5) is 0 Å². The second-order valence-corrected chi connectivity index (χ2v) is 4.54. The summed E-state index contributed by atoms with van der Waals surface area (Å²) in [6, 6.07) is 5.57. The average Bonchev–Trinajstić information content (AvgIpc) is 2.30. The monoisotopic (exact) mass is 306 g/mol. The van der Waals surface area contributed by atoms with Gasteiger partial charge < -0.3 is 9.47 Å². The minimum atomic E-state index is -0.670. The first kappa shape index (κ1) is 13.3. The van der Waals surface area contributed by atoms with Gasteiger partial charge in [-0.3, -0.25) is 4.79 Å². The summed E-state index contributed by atoms with van der Waals surface area (Å²) in [6.45, 7) is 0. The van der Waals surface area contributed by atoms with Crippen LogP contribution in [0.5, 0.6) is 5.75 Å². The van der Waals surface area contributed by atoms with Crippen molar-refractivity contribution in [3.8, 4) is 5.75 Å². The van der Waals surface area contributed by atoms with Gasteiger partial charge in [-0.05, 0) is 40.0 Å². The maximum absolute atomic E-state index is 11.1. The number of alkyl halides is 1. The lowest BCUT2D eigenvalue weighted by Crippen LogP contribution is -2.18. The van der Waals surface area contributed by atoms with Crippen molar-refractivity contribution >= 4 is 33.5 Å². The Morgan fingerprint density at radius 1 is 1.50 bits per heavy atom. The number of ether oxygens (including phenoxy) is 2. The summed E-state index contributed by atoms with van der Waals surface area (Å²) in [6.07, 6.45) is 0.415. The molecule has 0 aliphatic heterocycles. The van der Waals surface area contributed by atoms with E-state index < -0.39 is 11.3 Å². The van der Waals surface area contributed by atoms with Crippen LogP contribution in [0.3, 0.4) is 0 Å². The fraction of sp³-hybridized carbons (Fsp3) is 0.364. The number of rotatable bonds is 4. The molecule has 0 aliphatic carbocycles. The number of hydrogen-bond acceptors (Lipinski definition) is 3. The van der Waals surface area contributed by atoms with Crippen molar-refractivity contribution in [3.05, 3.63) is 28.2 Å². The number of halogens is 2. The van der Waals surface area contributed by atoms with E-state index in [-0.39, 0.29) is 0 Å². The summed E-state index contributed by atoms with van der Waals surface area (Å²) in [5, 5.41) is -0.670. The molecule has 0 saturated heterocycles. The van der Waals surface area contributed by atoms with E-state index in [2.05, 4.69) is 20.7 Å². The predicted molar refractivity (Wildman–Crippen MR) is 66.1 cm³/mol. The van der Waals surface area contributed by atoms with E-state index in [9.17, 15) is 4.79 Å². The van der Waals surface area contributed by atoms with Crippen molar-refractivity contribution in [2.75, 3.05) is 14.2 Å². The molecule has 16 heavy (non-hydrogen) atoms. The number of carbonyl (C=O) groups is 1. The van der Waals surface area contributed by atoms with Gasteiger partial charge in [0.05, 0.1) is 18.7 Å². The third-order valence-electron chi connectivity index (χ3n) is 2.09. The SMILES string of the molecule is COC(=O)C(Cl)Cc1ccc(Br)c(OC)c1. The third-order valence-corrected chi connectivity index (χ3v) is 3.07. The Bertz CT molecular complexity index is 381. The first-order valence-corrected chi connectivity index (χ1v) is 5.85. The van der Waals surface area contributed by atoms with E-state index in [0.717, 1.165) is 10.0 Å². The Morgan fingerprint density at radius 3 is 2.75 bits per heavy atom. The molecule has 0 aliphatic rings. The molecule has 0 fully saturated rings. The highest BCUT2D eigenvalue weighted by Crippen LogP contribution is 2.26. The van der Waals surface area contributed by atoms with Crippen LogP contribution < -0.4 is 4.74 Å². The fourth-order valence-corrected chi connectivity index (χ4v) is 1.93. The highest BCUT2D eigenvalue weighted by atomic mass is 79.9. The number of benzene rings is 1. The van der Waals surface area contributed by atoms with Gasteiger partial charge in [0.1, 0.15) is 11.1 Å². The van der Waals surface area contributed by atoms with Crippen LogP contribution in [0.1, 0.15) is 5.56 Å². The molecule has 0 spiro atoms. The minimum absolute atomic E-state index is 0.415. The van der Waals surface area contributed by atoms with Gasteiger partial charge in [-0.1, -0.05) is 6.07 Å². The van der Waals surface area contributed by atoms with Crippen LogP contribution in [-0.4, -0.2) is 25.6 Å². The fourth-order valence-electron chi connectivity index (χ4n) is 1.25. The van der Waals surface area contributed by atoms with E-state index in [4.69, 9.17) is 16.3 Å². The number of hydrogen-bond donors (Lipinski definition) is 0. The van der Waals surface area contributed by atoms with Crippen LogP contribution >= 0.6 is 27.5 Å². The average molecular weight is 308 g/mol. The van der Waals surface area contributed by atoms with E-state index >= 15 is 0 Å². The van der Waals surface area contributed by atoms with Gasteiger partial charge in [-0.25, -0.2) is 0 Å². The summed E-state index contributed by atoms with van der Waals surface area (Å²) in [4.78, 5) is 11.1. The van der Waals surface area contributed by atoms with Gasteiger partial charge >= 0.3 is 5.97 Å². The lowest BCUT2D eigenvalue weighted by molar-refractivity contribution is -0.140. The van der Waals surface area contributed by atoms with Crippen molar-refractivity contribution < 1.29 is 14.3 Å². The number of carbonyl (C=O) groups excluding carboxylic acids is 1. The molecule has 88 valence electrons. The summed E-state index contributed by atoms with van der Waals surface area (Å²) in [5.41, 5.74) is 0.922. The Balaban J connectivity index is 2.78. The topological polar surface area (TPSA) is 35.5 Å². The van der Waals surface area contributed by atoms with Crippen LogP contribution in [-0.2, 0) is 16.0 Å². The highest BCUT2D eigenvalue weighted by molar-refractivity contribution is 9.10. The van der Waals surface area contributed by atoms with Gasteiger partial charge in [0.2, 0.25) is 0 Å². The zero-order chi connectivity index (χ0) is 12.1. The Hall–Kier alpha value is -0.740. The van der Waals surface area contributed by atoms with Crippen LogP contribution in [0, 0.1) is 0 Å². The minimum Gasteiger partial charge on any atom is -0.496 e. The smallest absolute Gasteiger partial charge is 0.324 e. The van der Waals surface area contributed by atoms with E-state index in [1.165, 1.54) is 7.11 Å². The molecule has 1 unspecified atom stereocenters. The van der Waals surface area contributed by atoms with E-state index in [0.29, 0.717) is 12.2 Å². The molecule has 0 heterocycles. The van der Waals surface area contributed by atoms with Crippen molar-refractivity contribution in [1.82, 2.24) is 0 Å². The van der Waals surface area contributed by atoms with Crippen molar-refractivity contribution in [2.24, 2.45) is 0 Å². The summed E-state index contributed by atoms with van der Waals surface area (Å²) in [5.74, 6) is 0.287. The van der Waals surface area contributed by atoms with Gasteiger partial charge in [0.25, 0.3) is 0 Å². The maximum atomic E-state index is 11.1. The number of methoxy groups -OCH3 is 2. The largest absolute Gasteiger partial charge is 0.496 e. The molecular weight excluding hydrogens is 295 g/mol. The first-order chi connectivity index (χ1) is 7.58. The van der Waals surface area contributed by atoms with Gasteiger partial charge in [-0.2, -0.15) is 0 Å². The zero-order valence-corrected chi connectivity index (χ0v) is 11.3. The second kappa shape index (κ2) is 6.11. The number of esters is 1. The van der Waals surface area contributed by atoms with Crippen LogP contribution in [0.15, 0.2) is 22.7 Å². The second-order valence-electron chi connectivity index (χ2n) is 3.16. The predicted octanol–water partition coefficient (Wildman–Crippen LogP) is 2.78. The molecule has 3 nitrogen and oxygen atoms in total. The lowest BCUT2D eigenvalue weighted by atomic mass is 10.1. The Morgan fingerprint density at radius 2 is 2.19 bits per heavy atom. The van der Waals surface area contributed by atoms with Crippen molar-refractivity contribution in [2.45, 2.75) is 11.8 Å². The standard InChI is InChI=1S/C11H12BrClO3/c1-15-10-6-7(3-4-8(10)12)5-9(13)11(14)16-2/h3-4,6,9H,5H2,1-2H3. The van der Waals surface area contributed by atoms with Crippen molar-refractivity contribution in [1.29, 1.82) is 0 Å². The summed E-state index contributed by atoms with van der Waals surface area (Å²) in [7, 11) is 2.90. The molecule has 1 rings (SSSR count). The maximum Gasteiger partial charge on any atom is 0.324 e. The third kappa shape index (κ3) is 3.39. The van der Waals surface area contributed by atoms with Crippen LogP contribution in [0.25, 0.3) is 0 Å². The molecule has 0 N–H and O–H groups in total. The zero-order valence-electron chi connectivity index (χ0n) is 9.00. The van der Waals surface area contributed by atoms with Gasteiger partial charge in [-0.15, -0.1) is 11.6 Å². The molecule has 5 heteroatoms.